The molecule has 2 aromatic carbocycles. The average Bonchev–Trinajstić information content (AvgIpc) is 2.38. The number of ketones is 1. The Labute approximate surface area is 113 Å². The molecule has 0 heterocycles. The first-order valence-corrected chi connectivity index (χ1v) is 5.82. The third-order valence-corrected chi connectivity index (χ3v) is 2.82. The first-order valence-electron chi connectivity index (χ1n) is 5.82. The summed E-state index contributed by atoms with van der Waals surface area (Å²) in [7, 11) is 1.32. The lowest BCUT2D eigenvalue weighted by atomic mass is 10.0. The van der Waals surface area contributed by atoms with Gasteiger partial charge in [-0.1, -0.05) is 12.1 Å². The van der Waals surface area contributed by atoms with Crippen molar-refractivity contribution in [2.45, 2.75) is 6.42 Å². The van der Waals surface area contributed by atoms with Crippen molar-refractivity contribution in [2.75, 3.05) is 7.11 Å². The molecule has 2 aromatic rings. The van der Waals surface area contributed by atoms with Gasteiger partial charge in [0.1, 0.15) is 11.6 Å². The van der Waals surface area contributed by atoms with Gasteiger partial charge < -0.3 is 4.74 Å². The van der Waals surface area contributed by atoms with Crippen molar-refractivity contribution >= 4 is 5.78 Å². The molecule has 0 saturated heterocycles. The molecule has 0 radical (unpaired) electrons. The molecule has 0 bridgehead atoms. The molecule has 0 saturated carbocycles. The standard InChI is InChI=1S/C15H11F3O2/c1-20-14-6-5-9(7-12(14)18)8-13(19)15-10(16)3-2-4-11(15)17/h2-7H,8H2,1H3. The Hall–Kier alpha value is -2.30. The van der Waals surface area contributed by atoms with Crippen LogP contribution in [0.4, 0.5) is 13.2 Å². The summed E-state index contributed by atoms with van der Waals surface area (Å²) in [5.74, 6) is -3.19. The van der Waals surface area contributed by atoms with E-state index < -0.39 is 28.8 Å². The van der Waals surface area contributed by atoms with Crippen molar-refractivity contribution in [3.8, 4) is 5.75 Å². The first kappa shape index (κ1) is 14.1. The Morgan fingerprint density at radius 1 is 1.05 bits per heavy atom. The summed E-state index contributed by atoms with van der Waals surface area (Å²) < 4.78 is 45.1. The van der Waals surface area contributed by atoms with E-state index in [2.05, 4.69) is 0 Å². The Morgan fingerprint density at radius 2 is 1.70 bits per heavy atom. The molecule has 5 heteroatoms. The number of rotatable bonds is 4. The molecule has 0 aliphatic carbocycles. The molecule has 0 aromatic heterocycles. The minimum atomic E-state index is -0.927. The monoisotopic (exact) mass is 280 g/mol. The molecule has 0 amide bonds. The normalized spacial score (nSPS) is 10.4. The molecule has 0 aliphatic heterocycles. The number of benzene rings is 2. The molecule has 20 heavy (non-hydrogen) atoms. The van der Waals surface area contributed by atoms with Crippen LogP contribution in [0.2, 0.25) is 0 Å². The van der Waals surface area contributed by atoms with E-state index in [9.17, 15) is 18.0 Å². The van der Waals surface area contributed by atoms with Crippen molar-refractivity contribution in [1.29, 1.82) is 0 Å². The Balaban J connectivity index is 2.26. The number of Topliss-reactive ketones (excluding diaryl/α,β-unsaturated/α-hetero) is 1. The van der Waals surface area contributed by atoms with E-state index in [1.54, 1.807) is 0 Å². The molecular weight excluding hydrogens is 269 g/mol. The van der Waals surface area contributed by atoms with Crippen LogP contribution in [0.1, 0.15) is 15.9 Å². The van der Waals surface area contributed by atoms with E-state index >= 15 is 0 Å². The SMILES string of the molecule is COc1ccc(CC(=O)c2c(F)cccc2F)cc1F. The molecule has 2 nitrogen and oxygen atoms in total. The summed E-state index contributed by atoms with van der Waals surface area (Å²) in [5.41, 5.74) is -0.292. The summed E-state index contributed by atoms with van der Waals surface area (Å²) in [4.78, 5) is 11.9. The van der Waals surface area contributed by atoms with Gasteiger partial charge >= 0.3 is 0 Å². The van der Waals surface area contributed by atoms with E-state index in [1.807, 2.05) is 0 Å². The zero-order valence-electron chi connectivity index (χ0n) is 10.6. The van der Waals surface area contributed by atoms with Gasteiger partial charge in [-0.15, -0.1) is 0 Å². The van der Waals surface area contributed by atoms with Gasteiger partial charge in [0.2, 0.25) is 0 Å². The Morgan fingerprint density at radius 3 is 2.25 bits per heavy atom. The second-order valence-electron chi connectivity index (χ2n) is 4.17. The molecule has 0 aliphatic rings. The minimum Gasteiger partial charge on any atom is -0.494 e. The first-order chi connectivity index (χ1) is 9.52. The quantitative estimate of drug-likeness (QED) is 0.801. The Bertz CT molecular complexity index is 633. The summed E-state index contributed by atoms with van der Waals surface area (Å²) in [6.45, 7) is 0. The highest BCUT2D eigenvalue weighted by Gasteiger charge is 2.17. The zero-order valence-corrected chi connectivity index (χ0v) is 10.6. The van der Waals surface area contributed by atoms with Crippen LogP contribution in [0, 0.1) is 17.5 Å². The second kappa shape index (κ2) is 5.77. The number of methoxy groups -OCH3 is 1. The predicted molar refractivity (Wildman–Crippen MR) is 67.3 cm³/mol. The lowest BCUT2D eigenvalue weighted by Crippen LogP contribution is -2.09. The fraction of sp³-hybridized carbons (Fsp3) is 0.133. The highest BCUT2D eigenvalue weighted by Crippen LogP contribution is 2.20. The molecule has 0 fully saturated rings. The lowest BCUT2D eigenvalue weighted by Gasteiger charge is -2.06. The summed E-state index contributed by atoms with van der Waals surface area (Å²) in [6.07, 6.45) is -0.293. The van der Waals surface area contributed by atoms with Gasteiger partial charge in [0.05, 0.1) is 12.7 Å². The van der Waals surface area contributed by atoms with E-state index in [-0.39, 0.29) is 12.2 Å². The third kappa shape index (κ3) is 2.82. The predicted octanol–water partition coefficient (Wildman–Crippen LogP) is 3.54. The van der Waals surface area contributed by atoms with E-state index in [0.29, 0.717) is 5.56 Å². The number of hydrogen-bond donors (Lipinski definition) is 0. The molecule has 104 valence electrons. The topological polar surface area (TPSA) is 26.3 Å². The van der Waals surface area contributed by atoms with Crippen LogP contribution in [0.15, 0.2) is 36.4 Å². The van der Waals surface area contributed by atoms with Crippen LogP contribution in [0.3, 0.4) is 0 Å². The van der Waals surface area contributed by atoms with Gasteiger partial charge in [-0.2, -0.15) is 0 Å². The maximum atomic E-state index is 13.5. The number of halogens is 3. The van der Waals surface area contributed by atoms with Crippen LogP contribution < -0.4 is 4.74 Å². The lowest BCUT2D eigenvalue weighted by molar-refractivity contribution is 0.0985. The number of carbonyl (C=O) groups excluding carboxylic acids is 1. The highest BCUT2D eigenvalue weighted by molar-refractivity contribution is 5.98. The van der Waals surface area contributed by atoms with Crippen LogP contribution in [-0.4, -0.2) is 12.9 Å². The maximum Gasteiger partial charge on any atom is 0.173 e. The summed E-state index contributed by atoms with van der Waals surface area (Å²) in [5, 5.41) is 0. The fourth-order valence-corrected chi connectivity index (χ4v) is 1.86. The largest absolute Gasteiger partial charge is 0.494 e. The van der Waals surface area contributed by atoms with Crippen molar-refractivity contribution < 1.29 is 22.7 Å². The van der Waals surface area contributed by atoms with E-state index in [0.717, 1.165) is 18.2 Å². The number of ether oxygens (including phenoxy) is 1. The summed E-state index contributed by atoms with van der Waals surface area (Å²) in [6, 6.07) is 7.12. The van der Waals surface area contributed by atoms with Crippen molar-refractivity contribution in [1.82, 2.24) is 0 Å². The van der Waals surface area contributed by atoms with Gasteiger partial charge in [0.15, 0.2) is 17.3 Å². The third-order valence-electron chi connectivity index (χ3n) is 2.82. The van der Waals surface area contributed by atoms with Gasteiger partial charge in [-0.05, 0) is 29.8 Å². The second-order valence-corrected chi connectivity index (χ2v) is 4.17. The molecule has 0 atom stereocenters. The van der Waals surface area contributed by atoms with Gasteiger partial charge in [0.25, 0.3) is 0 Å². The van der Waals surface area contributed by atoms with E-state index in [4.69, 9.17) is 4.74 Å². The van der Waals surface area contributed by atoms with Gasteiger partial charge in [-0.3, -0.25) is 4.79 Å². The number of carbonyl (C=O) groups is 1. The average molecular weight is 280 g/mol. The van der Waals surface area contributed by atoms with Gasteiger partial charge in [-0.25, -0.2) is 13.2 Å². The zero-order chi connectivity index (χ0) is 14.7. The molecule has 2 rings (SSSR count). The van der Waals surface area contributed by atoms with Crippen LogP contribution >= 0.6 is 0 Å². The molecule has 0 spiro atoms. The molecule has 0 unspecified atom stereocenters. The Kier molecular flexibility index (Phi) is 4.08. The van der Waals surface area contributed by atoms with E-state index in [1.165, 1.54) is 25.3 Å². The molecule has 0 N–H and O–H groups in total. The fourth-order valence-electron chi connectivity index (χ4n) is 1.86. The highest BCUT2D eigenvalue weighted by atomic mass is 19.1. The van der Waals surface area contributed by atoms with Crippen molar-refractivity contribution in [3.05, 3.63) is 65.0 Å². The minimum absolute atomic E-state index is 0.0401. The number of hydrogen-bond acceptors (Lipinski definition) is 2. The van der Waals surface area contributed by atoms with Crippen LogP contribution in [0.25, 0.3) is 0 Å². The van der Waals surface area contributed by atoms with Crippen molar-refractivity contribution in [3.63, 3.8) is 0 Å². The summed E-state index contributed by atoms with van der Waals surface area (Å²) >= 11 is 0. The van der Waals surface area contributed by atoms with Gasteiger partial charge in [0, 0.05) is 6.42 Å². The van der Waals surface area contributed by atoms with Crippen molar-refractivity contribution in [2.24, 2.45) is 0 Å². The molecular formula is C15H11F3O2. The van der Waals surface area contributed by atoms with Crippen LogP contribution in [-0.2, 0) is 6.42 Å². The van der Waals surface area contributed by atoms with Crippen LogP contribution in [0.5, 0.6) is 5.75 Å². The smallest absolute Gasteiger partial charge is 0.173 e. The maximum absolute atomic E-state index is 13.5.